The number of amides is 2. The Hall–Kier alpha value is -1.59. The van der Waals surface area contributed by atoms with Crippen molar-refractivity contribution in [1.82, 2.24) is 9.80 Å². The van der Waals surface area contributed by atoms with Crippen molar-refractivity contribution in [2.75, 3.05) is 19.6 Å². The van der Waals surface area contributed by atoms with Crippen LogP contribution in [0.5, 0.6) is 0 Å². The number of carbonyl (C=O) groups excluding carboxylic acids is 2. The van der Waals surface area contributed by atoms with Gasteiger partial charge in [-0.1, -0.05) is 6.92 Å². The van der Waals surface area contributed by atoms with E-state index in [-0.39, 0.29) is 30.7 Å². The number of aliphatic carboxylic acids is 1. The van der Waals surface area contributed by atoms with Crippen molar-refractivity contribution >= 4 is 17.8 Å². The van der Waals surface area contributed by atoms with E-state index in [2.05, 4.69) is 0 Å². The molecule has 1 saturated carbocycles. The third-order valence-electron chi connectivity index (χ3n) is 4.10. The second-order valence-electron chi connectivity index (χ2n) is 5.79. The molecular weight excluding hydrogens is 260 g/mol. The Balaban J connectivity index is 1.95. The van der Waals surface area contributed by atoms with Gasteiger partial charge in [0.25, 0.3) is 0 Å². The average Bonchev–Trinajstić information content (AvgIpc) is 3.17. The first-order valence-electron chi connectivity index (χ1n) is 7.25. The van der Waals surface area contributed by atoms with Gasteiger partial charge in [-0.3, -0.25) is 14.4 Å². The van der Waals surface area contributed by atoms with Crippen LogP contribution in [0.4, 0.5) is 0 Å². The molecular formula is C14H22N2O4. The summed E-state index contributed by atoms with van der Waals surface area (Å²) >= 11 is 0. The van der Waals surface area contributed by atoms with E-state index in [0.29, 0.717) is 19.1 Å². The van der Waals surface area contributed by atoms with Crippen molar-refractivity contribution in [3.05, 3.63) is 0 Å². The maximum Gasteiger partial charge on any atom is 0.308 e. The highest BCUT2D eigenvalue weighted by molar-refractivity contribution is 5.89. The van der Waals surface area contributed by atoms with E-state index >= 15 is 0 Å². The van der Waals surface area contributed by atoms with Gasteiger partial charge in [-0.05, 0) is 19.8 Å². The Morgan fingerprint density at radius 3 is 2.60 bits per heavy atom. The Morgan fingerprint density at radius 2 is 2.10 bits per heavy atom. The molecule has 2 amide bonds. The summed E-state index contributed by atoms with van der Waals surface area (Å²) in [6.07, 6.45) is 2.35. The summed E-state index contributed by atoms with van der Waals surface area (Å²) in [5, 5.41) is 8.94. The van der Waals surface area contributed by atoms with Gasteiger partial charge >= 0.3 is 5.97 Å². The van der Waals surface area contributed by atoms with Crippen LogP contribution in [0.3, 0.4) is 0 Å². The van der Waals surface area contributed by atoms with Crippen LogP contribution in [0.2, 0.25) is 0 Å². The molecule has 2 fully saturated rings. The molecule has 2 atom stereocenters. The number of nitrogens with zero attached hydrogens (tertiary/aromatic N) is 2. The fourth-order valence-corrected chi connectivity index (χ4v) is 2.68. The molecule has 2 aliphatic rings. The molecule has 1 aliphatic carbocycles. The average molecular weight is 282 g/mol. The monoisotopic (exact) mass is 282 g/mol. The van der Waals surface area contributed by atoms with Crippen molar-refractivity contribution in [3.63, 3.8) is 0 Å². The lowest BCUT2D eigenvalue weighted by Gasteiger charge is -2.25. The molecule has 1 saturated heterocycles. The van der Waals surface area contributed by atoms with Crippen LogP contribution in [-0.4, -0.2) is 58.4 Å². The first-order valence-corrected chi connectivity index (χ1v) is 7.25. The van der Waals surface area contributed by atoms with Gasteiger partial charge in [0.1, 0.15) is 0 Å². The highest BCUT2D eigenvalue weighted by atomic mass is 16.4. The molecule has 0 aromatic rings. The molecule has 0 aromatic carbocycles. The van der Waals surface area contributed by atoms with Gasteiger partial charge in [0, 0.05) is 32.1 Å². The van der Waals surface area contributed by atoms with Crippen molar-refractivity contribution in [2.45, 2.75) is 39.2 Å². The van der Waals surface area contributed by atoms with E-state index in [0.717, 1.165) is 12.8 Å². The van der Waals surface area contributed by atoms with Crippen LogP contribution < -0.4 is 0 Å². The Bertz CT molecular complexity index is 419. The summed E-state index contributed by atoms with van der Waals surface area (Å²) < 4.78 is 0. The molecule has 0 radical (unpaired) electrons. The van der Waals surface area contributed by atoms with Crippen LogP contribution in [0.25, 0.3) is 0 Å². The normalized spacial score (nSPS) is 23.8. The fourth-order valence-electron chi connectivity index (χ4n) is 2.68. The number of rotatable bonds is 6. The number of carboxylic acid groups (broad SMARTS) is 1. The minimum atomic E-state index is -0.904. The zero-order valence-corrected chi connectivity index (χ0v) is 12.0. The van der Waals surface area contributed by atoms with E-state index in [1.165, 1.54) is 0 Å². The summed E-state index contributed by atoms with van der Waals surface area (Å²) in [5.41, 5.74) is 0. The van der Waals surface area contributed by atoms with Crippen LogP contribution >= 0.6 is 0 Å². The van der Waals surface area contributed by atoms with Gasteiger partial charge in [0.15, 0.2) is 0 Å². The summed E-state index contributed by atoms with van der Waals surface area (Å²) in [6.45, 7) is 4.61. The lowest BCUT2D eigenvalue weighted by Crippen LogP contribution is -2.41. The third-order valence-corrected chi connectivity index (χ3v) is 4.10. The highest BCUT2D eigenvalue weighted by Crippen LogP contribution is 2.33. The van der Waals surface area contributed by atoms with Crippen molar-refractivity contribution in [2.24, 2.45) is 11.8 Å². The number of carboxylic acids is 1. The van der Waals surface area contributed by atoms with E-state index < -0.39 is 11.9 Å². The van der Waals surface area contributed by atoms with Crippen molar-refractivity contribution < 1.29 is 19.5 Å². The molecule has 0 bridgehead atoms. The van der Waals surface area contributed by atoms with E-state index in [1.807, 2.05) is 11.8 Å². The number of carbonyl (C=O) groups is 3. The molecule has 6 nitrogen and oxygen atoms in total. The quantitative estimate of drug-likeness (QED) is 0.772. The Morgan fingerprint density at radius 1 is 1.45 bits per heavy atom. The van der Waals surface area contributed by atoms with Gasteiger partial charge in [-0.15, -0.1) is 0 Å². The molecule has 1 aliphatic heterocycles. The second-order valence-corrected chi connectivity index (χ2v) is 5.79. The summed E-state index contributed by atoms with van der Waals surface area (Å²) in [6, 6.07) is 0.341. The molecule has 0 spiro atoms. The number of likely N-dealkylation sites (tertiary alicyclic amines) is 1. The molecule has 2 unspecified atom stereocenters. The molecule has 1 N–H and O–H groups in total. The van der Waals surface area contributed by atoms with Crippen molar-refractivity contribution in [3.8, 4) is 0 Å². The van der Waals surface area contributed by atoms with Gasteiger partial charge in [-0.25, -0.2) is 0 Å². The largest absolute Gasteiger partial charge is 0.481 e. The Labute approximate surface area is 118 Å². The van der Waals surface area contributed by atoms with Gasteiger partial charge in [0.2, 0.25) is 11.8 Å². The fraction of sp³-hybridized carbons (Fsp3) is 0.786. The van der Waals surface area contributed by atoms with Crippen LogP contribution in [0, 0.1) is 11.8 Å². The maximum atomic E-state index is 12.4. The minimum Gasteiger partial charge on any atom is -0.481 e. The lowest BCUT2D eigenvalue weighted by molar-refractivity contribution is -0.144. The number of hydrogen-bond donors (Lipinski definition) is 1. The number of hydrogen-bond acceptors (Lipinski definition) is 3. The molecule has 112 valence electrons. The molecule has 0 aromatic heterocycles. The highest BCUT2D eigenvalue weighted by Gasteiger charge is 2.42. The van der Waals surface area contributed by atoms with Crippen LogP contribution in [0.15, 0.2) is 0 Å². The van der Waals surface area contributed by atoms with Crippen LogP contribution in [-0.2, 0) is 14.4 Å². The minimum absolute atomic E-state index is 0.0631. The predicted octanol–water partition coefficient (Wildman–Crippen LogP) is 0.566. The zero-order valence-electron chi connectivity index (χ0n) is 12.0. The molecule has 2 rings (SSSR count). The van der Waals surface area contributed by atoms with Crippen LogP contribution in [0.1, 0.15) is 33.1 Å². The second kappa shape index (κ2) is 5.81. The SMILES string of the molecule is CCN(CC(C)C(=O)O)C(=O)C1CC(=O)N(C2CC2)C1. The van der Waals surface area contributed by atoms with Gasteiger partial charge < -0.3 is 14.9 Å². The van der Waals surface area contributed by atoms with Gasteiger partial charge in [0.05, 0.1) is 11.8 Å². The molecule has 6 heteroatoms. The summed E-state index contributed by atoms with van der Waals surface area (Å²) in [7, 11) is 0. The zero-order chi connectivity index (χ0) is 14.9. The molecule has 1 heterocycles. The van der Waals surface area contributed by atoms with E-state index in [1.54, 1.807) is 11.8 Å². The maximum absolute atomic E-state index is 12.4. The predicted molar refractivity (Wildman–Crippen MR) is 71.9 cm³/mol. The topological polar surface area (TPSA) is 77.9 Å². The van der Waals surface area contributed by atoms with Gasteiger partial charge in [-0.2, -0.15) is 0 Å². The smallest absolute Gasteiger partial charge is 0.308 e. The van der Waals surface area contributed by atoms with E-state index in [9.17, 15) is 14.4 Å². The Kier molecular flexibility index (Phi) is 4.30. The first-order chi connectivity index (χ1) is 9.43. The van der Waals surface area contributed by atoms with E-state index in [4.69, 9.17) is 5.11 Å². The lowest BCUT2D eigenvalue weighted by atomic mass is 10.1. The molecule has 20 heavy (non-hydrogen) atoms. The summed E-state index contributed by atoms with van der Waals surface area (Å²) in [5.74, 6) is -1.82. The first kappa shape index (κ1) is 14.8. The third kappa shape index (κ3) is 3.11. The summed E-state index contributed by atoms with van der Waals surface area (Å²) in [4.78, 5) is 38.6. The van der Waals surface area contributed by atoms with Crippen molar-refractivity contribution in [1.29, 1.82) is 0 Å². The standard InChI is InChI=1S/C14H22N2O4/c1-3-15(7-9(2)14(19)20)13(18)10-6-12(17)16(8-10)11-4-5-11/h9-11H,3-8H2,1-2H3,(H,19,20).